The van der Waals surface area contributed by atoms with Crippen LogP contribution in [0.3, 0.4) is 0 Å². The van der Waals surface area contributed by atoms with E-state index in [1.807, 2.05) is 55.1 Å². The van der Waals surface area contributed by atoms with Gasteiger partial charge in [0.15, 0.2) is 0 Å². The summed E-state index contributed by atoms with van der Waals surface area (Å²) in [6.07, 6.45) is 6.89. The number of carbonyl (C=O) groups is 1. The van der Waals surface area contributed by atoms with Gasteiger partial charge < -0.3 is 14.8 Å². The van der Waals surface area contributed by atoms with Crippen molar-refractivity contribution in [2.24, 2.45) is 7.05 Å². The molecule has 158 valence electrons. The van der Waals surface area contributed by atoms with E-state index in [1.54, 1.807) is 0 Å². The standard InChI is InChI=1S/C25H32N4O/c1-18-10-11-22-20(16-18)21(17-23(27-22)24-9-6-13-28(24)3)25(30)26-12-7-15-29-14-5-4-8-19(29)2/h6,9-11,13,16-17,19H,4-5,7-8,12,14-15H2,1-3H3,(H,26,30). The maximum atomic E-state index is 13.1. The third-order valence-electron chi connectivity index (χ3n) is 6.26. The van der Waals surface area contributed by atoms with Crippen molar-refractivity contribution in [3.05, 3.63) is 53.7 Å². The maximum absolute atomic E-state index is 13.1. The van der Waals surface area contributed by atoms with Crippen LogP contribution < -0.4 is 5.32 Å². The number of aromatic nitrogens is 2. The largest absolute Gasteiger partial charge is 0.352 e. The number of amides is 1. The van der Waals surface area contributed by atoms with Gasteiger partial charge in [0.05, 0.1) is 22.5 Å². The van der Waals surface area contributed by atoms with Crippen LogP contribution in [0.4, 0.5) is 0 Å². The molecule has 1 aliphatic rings. The highest BCUT2D eigenvalue weighted by Crippen LogP contribution is 2.26. The van der Waals surface area contributed by atoms with Crippen LogP contribution >= 0.6 is 0 Å². The van der Waals surface area contributed by atoms with Crippen molar-refractivity contribution in [3.8, 4) is 11.4 Å². The number of rotatable bonds is 6. The van der Waals surface area contributed by atoms with Gasteiger partial charge in [0.1, 0.15) is 0 Å². The summed E-state index contributed by atoms with van der Waals surface area (Å²) in [4.78, 5) is 20.5. The minimum Gasteiger partial charge on any atom is -0.352 e. The van der Waals surface area contributed by atoms with Crippen LogP contribution in [0.5, 0.6) is 0 Å². The Balaban J connectivity index is 1.52. The van der Waals surface area contributed by atoms with Gasteiger partial charge in [-0.05, 0) is 70.0 Å². The summed E-state index contributed by atoms with van der Waals surface area (Å²) < 4.78 is 2.03. The van der Waals surface area contributed by atoms with Crippen molar-refractivity contribution < 1.29 is 4.79 Å². The maximum Gasteiger partial charge on any atom is 0.252 e. The zero-order chi connectivity index (χ0) is 21.1. The van der Waals surface area contributed by atoms with Crippen molar-refractivity contribution in [3.63, 3.8) is 0 Å². The van der Waals surface area contributed by atoms with Crippen LogP contribution in [-0.2, 0) is 7.05 Å². The van der Waals surface area contributed by atoms with Gasteiger partial charge in [0.25, 0.3) is 5.91 Å². The molecule has 5 heteroatoms. The predicted octanol–water partition coefficient (Wildman–Crippen LogP) is 4.54. The van der Waals surface area contributed by atoms with Crippen molar-refractivity contribution in [2.75, 3.05) is 19.6 Å². The first-order valence-corrected chi connectivity index (χ1v) is 11.1. The lowest BCUT2D eigenvalue weighted by atomic mass is 10.0. The van der Waals surface area contributed by atoms with E-state index in [2.05, 4.69) is 23.2 Å². The smallest absolute Gasteiger partial charge is 0.252 e. The summed E-state index contributed by atoms with van der Waals surface area (Å²) in [5.41, 5.74) is 4.51. The Labute approximate surface area is 179 Å². The second kappa shape index (κ2) is 9.00. The molecule has 0 spiro atoms. The number of hydrogen-bond donors (Lipinski definition) is 1. The molecule has 3 aromatic rings. The normalized spacial score (nSPS) is 17.4. The van der Waals surface area contributed by atoms with Gasteiger partial charge in [-0.2, -0.15) is 0 Å². The van der Waals surface area contributed by atoms with Crippen molar-refractivity contribution in [2.45, 2.75) is 45.6 Å². The third-order valence-corrected chi connectivity index (χ3v) is 6.26. The quantitative estimate of drug-likeness (QED) is 0.614. The number of pyridine rings is 1. The zero-order valence-corrected chi connectivity index (χ0v) is 18.3. The molecule has 4 rings (SSSR count). The van der Waals surface area contributed by atoms with E-state index in [0.29, 0.717) is 18.2 Å². The number of hydrogen-bond acceptors (Lipinski definition) is 3. The summed E-state index contributed by atoms with van der Waals surface area (Å²) in [5.74, 6) is -0.0184. The van der Waals surface area contributed by atoms with E-state index in [1.165, 1.54) is 25.8 Å². The Bertz CT molecular complexity index is 1040. The average molecular weight is 405 g/mol. The number of carbonyl (C=O) groups excluding carboxylic acids is 1. The monoisotopic (exact) mass is 404 g/mol. The van der Waals surface area contributed by atoms with Crippen molar-refractivity contribution in [1.29, 1.82) is 0 Å². The molecule has 0 bridgehead atoms. The Morgan fingerprint density at radius 2 is 2.10 bits per heavy atom. The van der Waals surface area contributed by atoms with Gasteiger partial charge in [0.2, 0.25) is 0 Å². The third kappa shape index (κ3) is 4.41. The lowest BCUT2D eigenvalue weighted by Gasteiger charge is -2.33. The Morgan fingerprint density at radius 1 is 1.23 bits per heavy atom. The average Bonchev–Trinajstić information content (AvgIpc) is 3.17. The molecule has 1 saturated heterocycles. The second-order valence-electron chi connectivity index (χ2n) is 8.57. The number of fused-ring (bicyclic) bond motifs is 1. The Morgan fingerprint density at radius 3 is 2.87 bits per heavy atom. The molecular weight excluding hydrogens is 372 g/mol. The number of piperidine rings is 1. The fourth-order valence-electron chi connectivity index (χ4n) is 4.45. The van der Waals surface area contributed by atoms with E-state index in [-0.39, 0.29) is 5.91 Å². The highest BCUT2D eigenvalue weighted by atomic mass is 16.1. The molecule has 0 radical (unpaired) electrons. The van der Waals surface area contributed by atoms with Crippen LogP contribution in [0.25, 0.3) is 22.3 Å². The van der Waals surface area contributed by atoms with Crippen LogP contribution in [0.1, 0.15) is 48.5 Å². The van der Waals surface area contributed by atoms with Gasteiger partial charge >= 0.3 is 0 Å². The van der Waals surface area contributed by atoms with Crippen LogP contribution in [0.2, 0.25) is 0 Å². The molecule has 1 aliphatic heterocycles. The van der Waals surface area contributed by atoms with Crippen LogP contribution in [0, 0.1) is 6.92 Å². The Hall–Kier alpha value is -2.66. The molecule has 0 aliphatic carbocycles. The molecule has 0 saturated carbocycles. The van der Waals surface area contributed by atoms with Gasteiger partial charge in [-0.15, -0.1) is 0 Å². The van der Waals surface area contributed by atoms with Gasteiger partial charge in [-0.3, -0.25) is 4.79 Å². The van der Waals surface area contributed by atoms with Crippen molar-refractivity contribution >= 4 is 16.8 Å². The lowest BCUT2D eigenvalue weighted by molar-refractivity contribution is 0.0950. The molecule has 1 N–H and O–H groups in total. The van der Waals surface area contributed by atoms with E-state index in [9.17, 15) is 4.79 Å². The summed E-state index contributed by atoms with van der Waals surface area (Å²) in [6, 6.07) is 12.7. The molecule has 30 heavy (non-hydrogen) atoms. The topological polar surface area (TPSA) is 50.2 Å². The molecule has 2 aromatic heterocycles. The van der Waals surface area contributed by atoms with E-state index in [0.717, 1.165) is 40.8 Å². The fraction of sp³-hybridized carbons (Fsp3) is 0.440. The minimum atomic E-state index is -0.0184. The summed E-state index contributed by atoms with van der Waals surface area (Å²) in [7, 11) is 2.00. The summed E-state index contributed by atoms with van der Waals surface area (Å²) in [6.45, 7) is 7.28. The minimum absolute atomic E-state index is 0.0184. The first-order chi connectivity index (χ1) is 14.5. The number of likely N-dealkylation sites (tertiary alicyclic amines) is 1. The van der Waals surface area contributed by atoms with E-state index < -0.39 is 0 Å². The lowest BCUT2D eigenvalue weighted by Crippen LogP contribution is -2.39. The van der Waals surface area contributed by atoms with Crippen LogP contribution in [0.15, 0.2) is 42.6 Å². The molecule has 5 nitrogen and oxygen atoms in total. The molecular formula is C25H32N4O. The van der Waals surface area contributed by atoms with E-state index >= 15 is 0 Å². The zero-order valence-electron chi connectivity index (χ0n) is 18.3. The molecule has 1 aromatic carbocycles. The van der Waals surface area contributed by atoms with Crippen LogP contribution in [-0.4, -0.2) is 46.0 Å². The van der Waals surface area contributed by atoms with Gasteiger partial charge in [-0.1, -0.05) is 18.1 Å². The predicted molar refractivity (Wildman–Crippen MR) is 123 cm³/mol. The molecule has 1 unspecified atom stereocenters. The van der Waals surface area contributed by atoms with E-state index in [4.69, 9.17) is 4.98 Å². The fourth-order valence-corrected chi connectivity index (χ4v) is 4.45. The SMILES string of the molecule is Cc1ccc2nc(-c3cccn3C)cc(C(=O)NCCCN3CCCCC3C)c2c1. The highest BCUT2D eigenvalue weighted by molar-refractivity contribution is 6.07. The Kier molecular flexibility index (Phi) is 6.18. The first-order valence-electron chi connectivity index (χ1n) is 11.1. The molecule has 1 amide bonds. The molecule has 1 fully saturated rings. The number of aryl methyl sites for hydroxylation is 2. The summed E-state index contributed by atoms with van der Waals surface area (Å²) in [5, 5.41) is 4.06. The highest BCUT2D eigenvalue weighted by Gasteiger charge is 2.18. The summed E-state index contributed by atoms with van der Waals surface area (Å²) >= 11 is 0. The van der Waals surface area contributed by atoms with Gasteiger partial charge in [0, 0.05) is 37.8 Å². The van der Waals surface area contributed by atoms with Gasteiger partial charge in [-0.25, -0.2) is 4.98 Å². The second-order valence-corrected chi connectivity index (χ2v) is 8.57. The molecule has 1 atom stereocenters. The van der Waals surface area contributed by atoms with Crippen molar-refractivity contribution in [1.82, 2.24) is 19.8 Å². The number of nitrogens with zero attached hydrogens (tertiary/aromatic N) is 3. The number of benzene rings is 1. The first kappa shape index (κ1) is 20.6. The number of nitrogens with one attached hydrogen (secondary N) is 1. The molecule has 3 heterocycles.